The normalized spacial score (nSPS) is 11.6. The molecule has 0 radical (unpaired) electrons. The van der Waals surface area contributed by atoms with Crippen LogP contribution in [0.2, 0.25) is 0 Å². The van der Waals surface area contributed by atoms with Crippen molar-refractivity contribution < 1.29 is 14.4 Å². The molecule has 0 bridgehead atoms. The molecule has 5 N–H and O–H groups in total. The number of nitrogens with one attached hydrogen (secondary N) is 1. The minimum atomic E-state index is -0.862. The second-order valence-electron chi connectivity index (χ2n) is 4.19. The second kappa shape index (κ2) is 6.53. The van der Waals surface area contributed by atoms with Crippen LogP contribution in [0.15, 0.2) is 18.2 Å². The van der Waals surface area contributed by atoms with E-state index in [-0.39, 0.29) is 12.8 Å². The number of rotatable bonds is 6. The van der Waals surface area contributed by atoms with Gasteiger partial charge < -0.3 is 21.6 Å². The van der Waals surface area contributed by atoms with Crippen LogP contribution in [-0.4, -0.2) is 24.1 Å². The van der Waals surface area contributed by atoms with E-state index in [4.69, 9.17) is 11.5 Å². The minimum absolute atomic E-state index is 0.157. The Hall–Kier alpha value is -2.37. The van der Waals surface area contributed by atoms with Crippen LogP contribution >= 0.6 is 0 Å². The summed E-state index contributed by atoms with van der Waals surface area (Å²) in [5.74, 6) is -1.10. The molecule has 1 rings (SSSR count). The molecule has 0 fully saturated rings. The zero-order chi connectivity index (χ0) is 14.4. The van der Waals surface area contributed by atoms with E-state index in [1.807, 2.05) is 0 Å². The molecule has 0 aliphatic carbocycles. The zero-order valence-corrected chi connectivity index (χ0v) is 10.7. The summed E-state index contributed by atoms with van der Waals surface area (Å²) in [6.45, 7) is 1.72. The fraction of sp³-hybridized carbons (Fsp3) is 0.308. The molecule has 19 heavy (non-hydrogen) atoms. The van der Waals surface area contributed by atoms with Gasteiger partial charge in [0, 0.05) is 17.7 Å². The predicted octanol–water partition coefficient (Wildman–Crippen LogP) is 0.140. The van der Waals surface area contributed by atoms with Crippen LogP contribution in [-0.2, 0) is 9.59 Å². The summed E-state index contributed by atoms with van der Waals surface area (Å²) in [6.07, 6.45) is 1.02. The average Bonchev–Trinajstić information content (AvgIpc) is 2.37. The summed E-state index contributed by atoms with van der Waals surface area (Å²) < 4.78 is 0. The molecule has 0 aliphatic heterocycles. The maximum absolute atomic E-state index is 12.0. The highest BCUT2D eigenvalue weighted by Crippen LogP contribution is 2.15. The SMILES string of the molecule is Cc1c(N)cccc1C(=O)NC(CCC=O)C(N)=O. The number of amides is 2. The smallest absolute Gasteiger partial charge is 0.252 e. The molecule has 0 saturated heterocycles. The van der Waals surface area contributed by atoms with Crippen molar-refractivity contribution in [3.8, 4) is 0 Å². The van der Waals surface area contributed by atoms with Crippen molar-refractivity contribution in [1.29, 1.82) is 0 Å². The first-order valence-corrected chi connectivity index (χ1v) is 5.86. The maximum atomic E-state index is 12.0. The number of benzene rings is 1. The Kier molecular flexibility index (Phi) is 5.05. The fourth-order valence-electron chi connectivity index (χ4n) is 1.66. The molecule has 1 atom stereocenters. The summed E-state index contributed by atoms with van der Waals surface area (Å²) >= 11 is 0. The predicted molar refractivity (Wildman–Crippen MR) is 71.3 cm³/mol. The monoisotopic (exact) mass is 263 g/mol. The summed E-state index contributed by atoms with van der Waals surface area (Å²) in [5, 5.41) is 2.51. The Bertz CT molecular complexity index is 500. The molecule has 102 valence electrons. The van der Waals surface area contributed by atoms with Crippen LogP contribution in [0.3, 0.4) is 0 Å². The van der Waals surface area contributed by atoms with Gasteiger partial charge in [0.05, 0.1) is 0 Å². The zero-order valence-electron chi connectivity index (χ0n) is 10.7. The fourth-order valence-corrected chi connectivity index (χ4v) is 1.66. The first-order chi connectivity index (χ1) is 8.97. The van der Waals surface area contributed by atoms with Crippen molar-refractivity contribution in [3.63, 3.8) is 0 Å². The standard InChI is InChI=1S/C13H17N3O3/c1-8-9(4-2-5-10(8)14)13(19)16-11(12(15)18)6-3-7-17/h2,4-5,7,11H,3,6,14H2,1H3,(H2,15,18)(H,16,19). The number of anilines is 1. The molecule has 0 saturated carbocycles. The molecule has 6 heteroatoms. The third kappa shape index (κ3) is 3.80. The number of hydrogen-bond acceptors (Lipinski definition) is 4. The topological polar surface area (TPSA) is 115 Å². The molecule has 0 aliphatic rings. The van der Waals surface area contributed by atoms with Crippen molar-refractivity contribution in [2.45, 2.75) is 25.8 Å². The molecule has 0 heterocycles. The molecular formula is C13H17N3O3. The Labute approximate surface area is 111 Å². The third-order valence-electron chi connectivity index (χ3n) is 2.84. The van der Waals surface area contributed by atoms with Crippen LogP contribution in [0.25, 0.3) is 0 Å². The highest BCUT2D eigenvalue weighted by Gasteiger charge is 2.19. The Morgan fingerprint density at radius 2 is 2.11 bits per heavy atom. The number of nitrogens with two attached hydrogens (primary N) is 2. The van der Waals surface area contributed by atoms with E-state index in [9.17, 15) is 14.4 Å². The molecular weight excluding hydrogens is 246 g/mol. The van der Waals surface area contributed by atoms with Gasteiger partial charge in [-0.1, -0.05) is 6.07 Å². The molecule has 2 amide bonds. The number of aldehydes is 1. The lowest BCUT2D eigenvalue weighted by Crippen LogP contribution is -2.44. The third-order valence-corrected chi connectivity index (χ3v) is 2.84. The number of primary amides is 1. The highest BCUT2D eigenvalue weighted by atomic mass is 16.2. The van der Waals surface area contributed by atoms with Crippen molar-refractivity contribution in [2.75, 3.05) is 5.73 Å². The number of hydrogen-bond donors (Lipinski definition) is 3. The van der Waals surface area contributed by atoms with Crippen molar-refractivity contribution >= 4 is 23.8 Å². The van der Waals surface area contributed by atoms with E-state index in [0.717, 1.165) is 0 Å². The molecule has 1 aromatic carbocycles. The number of carbonyl (C=O) groups is 3. The van der Waals surface area contributed by atoms with Gasteiger partial charge >= 0.3 is 0 Å². The van der Waals surface area contributed by atoms with Crippen molar-refractivity contribution in [2.24, 2.45) is 5.73 Å². The summed E-state index contributed by atoms with van der Waals surface area (Å²) in [6, 6.07) is 4.09. The van der Waals surface area contributed by atoms with Crippen LogP contribution < -0.4 is 16.8 Å². The van der Waals surface area contributed by atoms with E-state index in [0.29, 0.717) is 23.1 Å². The molecule has 0 spiro atoms. The summed E-state index contributed by atoms with van der Waals surface area (Å²) in [4.78, 5) is 33.5. The average molecular weight is 263 g/mol. The van der Waals surface area contributed by atoms with Crippen LogP contribution in [0.1, 0.15) is 28.8 Å². The quantitative estimate of drug-likeness (QED) is 0.500. The number of nitrogen functional groups attached to an aromatic ring is 1. The van der Waals surface area contributed by atoms with Gasteiger partial charge in [-0.05, 0) is 31.0 Å². The Morgan fingerprint density at radius 1 is 1.42 bits per heavy atom. The van der Waals surface area contributed by atoms with Crippen molar-refractivity contribution in [1.82, 2.24) is 5.32 Å². The van der Waals surface area contributed by atoms with Gasteiger partial charge in [-0.25, -0.2) is 0 Å². The lowest BCUT2D eigenvalue weighted by atomic mass is 10.0. The molecule has 0 aromatic heterocycles. The minimum Gasteiger partial charge on any atom is -0.398 e. The number of carbonyl (C=O) groups excluding carboxylic acids is 3. The van der Waals surface area contributed by atoms with E-state index in [1.54, 1.807) is 25.1 Å². The van der Waals surface area contributed by atoms with Gasteiger partial charge in [0.2, 0.25) is 5.91 Å². The molecule has 6 nitrogen and oxygen atoms in total. The first-order valence-electron chi connectivity index (χ1n) is 5.86. The lowest BCUT2D eigenvalue weighted by molar-refractivity contribution is -0.120. The van der Waals surface area contributed by atoms with Crippen LogP contribution in [0, 0.1) is 6.92 Å². The van der Waals surface area contributed by atoms with E-state index < -0.39 is 17.9 Å². The lowest BCUT2D eigenvalue weighted by Gasteiger charge is -2.15. The summed E-state index contributed by atoms with van der Waals surface area (Å²) in [7, 11) is 0. The second-order valence-corrected chi connectivity index (χ2v) is 4.19. The van der Waals surface area contributed by atoms with Gasteiger partial charge in [0.1, 0.15) is 12.3 Å². The Morgan fingerprint density at radius 3 is 2.68 bits per heavy atom. The van der Waals surface area contributed by atoms with Crippen LogP contribution in [0.4, 0.5) is 5.69 Å². The van der Waals surface area contributed by atoms with Gasteiger partial charge in [-0.3, -0.25) is 9.59 Å². The van der Waals surface area contributed by atoms with E-state index >= 15 is 0 Å². The van der Waals surface area contributed by atoms with E-state index in [2.05, 4.69) is 5.32 Å². The highest BCUT2D eigenvalue weighted by molar-refractivity contribution is 5.99. The van der Waals surface area contributed by atoms with Crippen molar-refractivity contribution in [3.05, 3.63) is 29.3 Å². The van der Waals surface area contributed by atoms with Gasteiger partial charge in [0.25, 0.3) is 5.91 Å². The summed E-state index contributed by atoms with van der Waals surface area (Å²) in [5.41, 5.74) is 12.4. The molecule has 1 aromatic rings. The maximum Gasteiger partial charge on any atom is 0.252 e. The van der Waals surface area contributed by atoms with Gasteiger partial charge in [-0.2, -0.15) is 0 Å². The first kappa shape index (κ1) is 14.7. The molecule has 1 unspecified atom stereocenters. The van der Waals surface area contributed by atoms with Gasteiger partial charge in [0.15, 0.2) is 0 Å². The van der Waals surface area contributed by atoms with Gasteiger partial charge in [-0.15, -0.1) is 0 Å². The van der Waals surface area contributed by atoms with Crippen LogP contribution in [0.5, 0.6) is 0 Å². The largest absolute Gasteiger partial charge is 0.398 e. The van der Waals surface area contributed by atoms with E-state index in [1.165, 1.54) is 0 Å². The Balaban J connectivity index is 2.84.